The molecule has 46 heavy (non-hydrogen) atoms. The molecule has 2 N–H and O–H groups in total. The first-order valence-corrected chi connectivity index (χ1v) is 16.9. The van der Waals surface area contributed by atoms with Gasteiger partial charge in [0.2, 0.25) is 5.91 Å². The van der Waals surface area contributed by atoms with Gasteiger partial charge in [-0.3, -0.25) is 9.59 Å². The molecule has 0 saturated heterocycles. The van der Waals surface area contributed by atoms with Crippen LogP contribution in [0.3, 0.4) is 0 Å². The number of amides is 2. The quantitative estimate of drug-likeness (QED) is 0.171. The van der Waals surface area contributed by atoms with E-state index in [0.717, 1.165) is 43.4 Å². The molecule has 2 amide bonds. The maximum absolute atomic E-state index is 13.2. The summed E-state index contributed by atoms with van der Waals surface area (Å²) in [4.78, 5) is 51.7. The topological polar surface area (TPSA) is 160 Å². The number of thiophene rings is 1. The first-order valence-electron chi connectivity index (χ1n) is 15.1. The Morgan fingerprint density at radius 1 is 0.957 bits per heavy atom. The van der Waals surface area contributed by atoms with Crippen molar-refractivity contribution in [2.24, 2.45) is 0 Å². The smallest absolute Gasteiger partial charge is 0.348 e. The number of thioether (sulfide) groups is 1. The number of hydrogen-bond donors (Lipinski definition) is 2. The number of benzene rings is 1. The van der Waals surface area contributed by atoms with Crippen molar-refractivity contribution in [1.82, 2.24) is 20.1 Å². The Morgan fingerprint density at radius 3 is 2.24 bits per heavy atom. The molecule has 2 aromatic heterocycles. The zero-order valence-electron chi connectivity index (χ0n) is 26.6. The molecule has 15 heteroatoms. The highest BCUT2D eigenvalue weighted by Crippen LogP contribution is 2.36. The molecule has 0 unspecified atom stereocenters. The molecule has 13 nitrogen and oxygen atoms in total. The fourth-order valence-electron chi connectivity index (χ4n) is 5.17. The van der Waals surface area contributed by atoms with E-state index in [1.54, 1.807) is 39.0 Å². The maximum Gasteiger partial charge on any atom is 0.348 e. The zero-order chi connectivity index (χ0) is 33.2. The van der Waals surface area contributed by atoms with Gasteiger partial charge in [0, 0.05) is 17.7 Å². The molecule has 1 aromatic carbocycles. The lowest BCUT2D eigenvalue weighted by atomic mass is 9.95. The molecule has 1 aliphatic rings. The Morgan fingerprint density at radius 2 is 1.61 bits per heavy atom. The van der Waals surface area contributed by atoms with E-state index in [4.69, 9.17) is 18.9 Å². The Balaban J connectivity index is 1.50. The Kier molecular flexibility index (Phi) is 12.4. The lowest BCUT2D eigenvalue weighted by Crippen LogP contribution is -2.26. The van der Waals surface area contributed by atoms with Crippen LogP contribution in [0.15, 0.2) is 23.4 Å². The van der Waals surface area contributed by atoms with Gasteiger partial charge in [-0.1, -0.05) is 31.0 Å². The first-order chi connectivity index (χ1) is 22.2. The van der Waals surface area contributed by atoms with Gasteiger partial charge in [0.05, 0.1) is 45.3 Å². The monoisotopic (exact) mass is 673 g/mol. The van der Waals surface area contributed by atoms with Gasteiger partial charge in [-0.2, -0.15) is 0 Å². The van der Waals surface area contributed by atoms with Crippen LogP contribution in [-0.2, 0) is 20.8 Å². The minimum absolute atomic E-state index is 0.0330. The summed E-state index contributed by atoms with van der Waals surface area (Å²) < 4.78 is 22.9. The minimum atomic E-state index is -0.633. The summed E-state index contributed by atoms with van der Waals surface area (Å²) in [6, 6.07) is 5.07. The minimum Gasteiger partial charge on any atom is -0.497 e. The Labute approximate surface area is 275 Å². The second kappa shape index (κ2) is 16.5. The van der Waals surface area contributed by atoms with Crippen LogP contribution in [0.2, 0.25) is 0 Å². The molecule has 0 radical (unpaired) electrons. The van der Waals surface area contributed by atoms with Crippen LogP contribution in [0.25, 0.3) is 0 Å². The number of ether oxygens (including phenoxy) is 4. The normalized spacial score (nSPS) is 13.2. The van der Waals surface area contributed by atoms with Crippen LogP contribution in [0.1, 0.15) is 93.8 Å². The number of rotatable bonds is 14. The molecule has 0 atom stereocenters. The van der Waals surface area contributed by atoms with Crippen molar-refractivity contribution < 1.29 is 38.1 Å². The molecule has 2 heterocycles. The summed E-state index contributed by atoms with van der Waals surface area (Å²) in [7, 11) is 3.04. The fraction of sp³-hybridized carbons (Fsp3) is 0.484. The largest absolute Gasteiger partial charge is 0.497 e. The third-order valence-corrected chi connectivity index (χ3v) is 9.50. The number of esters is 2. The summed E-state index contributed by atoms with van der Waals surface area (Å²) in [5.74, 6) is -0.388. The van der Waals surface area contributed by atoms with Gasteiger partial charge in [-0.05, 0) is 51.3 Å². The second-order valence-electron chi connectivity index (χ2n) is 10.4. The first kappa shape index (κ1) is 34.8. The average Bonchev–Trinajstić information content (AvgIpc) is 3.62. The van der Waals surface area contributed by atoms with Gasteiger partial charge in [0.1, 0.15) is 21.4 Å². The van der Waals surface area contributed by atoms with E-state index in [0.29, 0.717) is 33.6 Å². The molecular weight excluding hydrogens is 635 g/mol. The standard InChI is InChI=1S/C31H39N5O8S2/c1-6-43-29(39)25-18(3)26(30(40)44-7-2)46-28(25)33-24(37)17-45-31-35-34-23(36(31)20-11-9-8-10-12-20)16-32-27(38)19-13-21(41-4)15-22(14-19)42-5/h13-15,20H,6-12,16-17H2,1-5H3,(H,32,38)(H,33,37). The van der Waals surface area contributed by atoms with Crippen molar-refractivity contribution >= 4 is 51.9 Å². The summed E-state index contributed by atoms with van der Waals surface area (Å²) >= 11 is 2.18. The predicted octanol–water partition coefficient (Wildman–Crippen LogP) is 5.18. The summed E-state index contributed by atoms with van der Waals surface area (Å²) in [6.07, 6.45) is 5.11. The number of anilines is 1. The lowest BCUT2D eigenvalue weighted by molar-refractivity contribution is -0.113. The van der Waals surface area contributed by atoms with Gasteiger partial charge in [0.25, 0.3) is 5.91 Å². The number of nitrogens with one attached hydrogen (secondary N) is 2. The highest BCUT2D eigenvalue weighted by molar-refractivity contribution is 7.99. The summed E-state index contributed by atoms with van der Waals surface area (Å²) in [6.45, 7) is 5.43. The summed E-state index contributed by atoms with van der Waals surface area (Å²) in [5, 5.41) is 15.2. The van der Waals surface area contributed by atoms with Crippen LogP contribution >= 0.6 is 23.1 Å². The molecule has 1 aliphatic carbocycles. The van der Waals surface area contributed by atoms with Gasteiger partial charge in [-0.25, -0.2) is 9.59 Å². The van der Waals surface area contributed by atoms with Crippen LogP contribution < -0.4 is 20.1 Å². The van der Waals surface area contributed by atoms with Crippen molar-refractivity contribution in [3.8, 4) is 11.5 Å². The van der Waals surface area contributed by atoms with Crippen molar-refractivity contribution in [2.75, 3.05) is 38.5 Å². The molecule has 1 fully saturated rings. The van der Waals surface area contributed by atoms with E-state index >= 15 is 0 Å². The van der Waals surface area contributed by atoms with Gasteiger partial charge >= 0.3 is 11.9 Å². The van der Waals surface area contributed by atoms with E-state index in [-0.39, 0.29) is 52.9 Å². The molecule has 0 bridgehead atoms. The molecule has 0 spiro atoms. The highest BCUT2D eigenvalue weighted by atomic mass is 32.2. The zero-order valence-corrected chi connectivity index (χ0v) is 28.2. The van der Waals surface area contributed by atoms with E-state index in [1.165, 1.54) is 26.0 Å². The molecule has 248 valence electrons. The molecule has 4 rings (SSSR count). The number of aromatic nitrogens is 3. The van der Waals surface area contributed by atoms with Crippen molar-refractivity contribution in [3.63, 3.8) is 0 Å². The Bertz CT molecular complexity index is 1540. The molecule has 3 aromatic rings. The van der Waals surface area contributed by atoms with Gasteiger partial charge < -0.3 is 34.1 Å². The van der Waals surface area contributed by atoms with Crippen molar-refractivity contribution in [3.05, 3.63) is 45.6 Å². The molecular formula is C31H39N5O8S2. The number of carbonyl (C=O) groups excluding carboxylic acids is 4. The fourth-order valence-corrected chi connectivity index (χ4v) is 7.10. The van der Waals surface area contributed by atoms with E-state index < -0.39 is 17.8 Å². The SMILES string of the molecule is CCOC(=O)c1sc(NC(=O)CSc2nnc(CNC(=O)c3cc(OC)cc(OC)c3)n2C2CCCCC2)c(C(=O)OCC)c1C. The molecule has 1 saturated carbocycles. The van der Waals surface area contributed by atoms with Gasteiger partial charge in [0.15, 0.2) is 11.0 Å². The average molecular weight is 674 g/mol. The van der Waals surface area contributed by atoms with E-state index in [9.17, 15) is 19.2 Å². The van der Waals surface area contributed by atoms with Gasteiger partial charge in [-0.15, -0.1) is 21.5 Å². The van der Waals surface area contributed by atoms with Crippen LogP contribution in [0.5, 0.6) is 11.5 Å². The predicted molar refractivity (Wildman–Crippen MR) is 173 cm³/mol. The maximum atomic E-state index is 13.2. The number of nitrogens with zero attached hydrogens (tertiary/aromatic N) is 3. The van der Waals surface area contributed by atoms with Crippen molar-refractivity contribution in [1.29, 1.82) is 0 Å². The van der Waals surface area contributed by atoms with Crippen LogP contribution in [-0.4, -0.2) is 71.7 Å². The second-order valence-corrected chi connectivity index (χ2v) is 12.3. The third-order valence-electron chi connectivity index (χ3n) is 7.37. The van der Waals surface area contributed by atoms with Crippen LogP contribution in [0.4, 0.5) is 5.00 Å². The number of carbonyl (C=O) groups is 4. The van der Waals surface area contributed by atoms with Crippen LogP contribution in [0, 0.1) is 6.92 Å². The van der Waals surface area contributed by atoms with E-state index in [2.05, 4.69) is 20.8 Å². The van der Waals surface area contributed by atoms with Crippen molar-refractivity contribution in [2.45, 2.75) is 70.6 Å². The Hall–Kier alpha value is -4.11. The lowest BCUT2D eigenvalue weighted by Gasteiger charge is -2.25. The third kappa shape index (κ3) is 8.37. The summed E-state index contributed by atoms with van der Waals surface area (Å²) in [5.41, 5.74) is 0.898. The number of methoxy groups -OCH3 is 2. The highest BCUT2D eigenvalue weighted by Gasteiger charge is 2.28. The molecule has 0 aliphatic heterocycles. The van der Waals surface area contributed by atoms with E-state index in [1.807, 2.05) is 4.57 Å². The number of hydrogen-bond acceptors (Lipinski definition) is 12.